The molecule has 0 aliphatic rings. The summed E-state index contributed by atoms with van der Waals surface area (Å²) in [6.07, 6.45) is 2.20. The summed E-state index contributed by atoms with van der Waals surface area (Å²) >= 11 is 1.70. The van der Waals surface area contributed by atoms with Crippen molar-refractivity contribution in [3.63, 3.8) is 0 Å². The molecule has 0 aromatic rings. The molecule has 0 spiro atoms. The van der Waals surface area contributed by atoms with Crippen LogP contribution in [0.15, 0.2) is 0 Å². The molecule has 0 bridgehead atoms. The molecule has 0 rings (SSSR count). The molecule has 0 unspecified atom stereocenters. The van der Waals surface area contributed by atoms with E-state index in [1.807, 2.05) is 34.6 Å². The smallest absolute Gasteiger partial charge is 0.138 e. The first-order chi connectivity index (χ1) is 14.8. The molecule has 0 saturated heterocycles. The van der Waals surface area contributed by atoms with Crippen LogP contribution in [0.3, 0.4) is 0 Å². The fourth-order valence-electron chi connectivity index (χ4n) is 1.58. The molecule has 0 aliphatic carbocycles. The van der Waals surface area contributed by atoms with Gasteiger partial charge in [0.1, 0.15) is 17.3 Å². The second-order valence-corrected chi connectivity index (χ2v) is 7.05. The van der Waals surface area contributed by atoms with Crippen LogP contribution in [-0.2, 0) is 52.9 Å². The average molecular weight is 494 g/mol. The standard InChI is InChI=1S/3C6H10O3.C3H7O.Ti/c3*1-2-3-5(7)4-6(8)9;1-3(2)4;/h3*2-4H2,1H3,(H,8,9);3H,1-2H3;/q;;;-1;+4/p-3. The number of hydrogen-bond donors (Lipinski definition) is 0. The van der Waals surface area contributed by atoms with E-state index in [1.165, 1.54) is 0 Å². The molecule has 0 saturated carbocycles. The molecule has 32 heavy (non-hydrogen) atoms. The SMILES string of the molecule is CC(C)[O][Ti+3].CCCC(=O)CC(=O)[O-].CCCC(=O)CC(=O)[O-].CCCC(=O)CC(=O)[O-]. The molecule has 0 radical (unpaired) electrons. The molecular weight excluding hydrogens is 460 g/mol. The Hall–Kier alpha value is -1.91. The van der Waals surface area contributed by atoms with Crippen molar-refractivity contribution in [3.8, 4) is 0 Å². The minimum Gasteiger partial charge on any atom is -0.550 e. The molecule has 0 atom stereocenters. The summed E-state index contributed by atoms with van der Waals surface area (Å²) in [4.78, 5) is 60.6. The Kier molecular flexibility index (Phi) is 31.7. The zero-order chi connectivity index (χ0) is 26.1. The largest absolute Gasteiger partial charge is 0.550 e. The molecule has 0 aliphatic heterocycles. The van der Waals surface area contributed by atoms with E-state index in [-0.39, 0.29) is 17.3 Å². The van der Waals surface area contributed by atoms with Gasteiger partial charge >= 0.3 is 44.1 Å². The molecule has 0 aromatic heterocycles. The van der Waals surface area contributed by atoms with Crippen LogP contribution in [0.2, 0.25) is 0 Å². The van der Waals surface area contributed by atoms with Crippen LogP contribution in [0, 0.1) is 0 Å². The van der Waals surface area contributed by atoms with Gasteiger partial charge in [0, 0.05) is 56.4 Å². The van der Waals surface area contributed by atoms with Gasteiger partial charge in [-0.25, -0.2) is 0 Å². The van der Waals surface area contributed by atoms with Crippen molar-refractivity contribution in [1.29, 1.82) is 0 Å². The topological polar surface area (TPSA) is 181 Å². The average Bonchev–Trinajstić information content (AvgIpc) is 2.62. The van der Waals surface area contributed by atoms with Crippen molar-refractivity contribution in [2.75, 3.05) is 0 Å². The van der Waals surface area contributed by atoms with Crippen molar-refractivity contribution >= 4 is 35.3 Å². The summed E-state index contributed by atoms with van der Waals surface area (Å²) in [7, 11) is 0. The molecule has 0 fully saturated rings. The third-order valence-corrected chi connectivity index (χ3v) is 3.58. The molecule has 0 amide bonds. The number of carbonyl (C=O) groups excluding carboxylic acids is 6. The maximum atomic E-state index is 10.4. The fourth-order valence-corrected chi connectivity index (χ4v) is 1.58. The van der Waals surface area contributed by atoms with Gasteiger partial charge in [-0.15, -0.1) is 0 Å². The van der Waals surface area contributed by atoms with E-state index >= 15 is 0 Å². The third kappa shape index (κ3) is 46.3. The van der Waals surface area contributed by atoms with Crippen LogP contribution >= 0.6 is 0 Å². The van der Waals surface area contributed by atoms with Gasteiger partial charge in [0.25, 0.3) is 0 Å². The third-order valence-electron chi connectivity index (χ3n) is 2.85. The summed E-state index contributed by atoms with van der Waals surface area (Å²) in [5.74, 6) is -4.61. The van der Waals surface area contributed by atoms with Gasteiger partial charge in [0.15, 0.2) is 0 Å². The number of aliphatic carboxylic acids is 3. The first-order valence-electron chi connectivity index (χ1n) is 10.2. The van der Waals surface area contributed by atoms with E-state index < -0.39 is 37.2 Å². The molecule has 11 heteroatoms. The Morgan fingerprint density at radius 3 is 0.906 bits per heavy atom. The Bertz CT molecular complexity index is 487. The van der Waals surface area contributed by atoms with Crippen LogP contribution in [0.1, 0.15) is 92.4 Å². The summed E-state index contributed by atoms with van der Waals surface area (Å²) in [5, 5.41) is 29.3. The molecule has 0 aromatic carbocycles. The number of ketones is 3. The van der Waals surface area contributed by atoms with Crippen molar-refractivity contribution in [3.05, 3.63) is 0 Å². The summed E-state index contributed by atoms with van der Waals surface area (Å²) in [6.45, 7) is 9.48. The summed E-state index contributed by atoms with van der Waals surface area (Å²) in [5.41, 5.74) is 0. The quantitative estimate of drug-likeness (QED) is 0.236. The van der Waals surface area contributed by atoms with Gasteiger partial charge in [-0.05, 0) is 19.3 Å². The van der Waals surface area contributed by atoms with Crippen molar-refractivity contribution in [2.24, 2.45) is 0 Å². The molecule has 0 heterocycles. The van der Waals surface area contributed by atoms with E-state index in [0.717, 1.165) is 0 Å². The predicted molar refractivity (Wildman–Crippen MR) is 105 cm³/mol. The van der Waals surface area contributed by atoms with Crippen LogP contribution in [0.25, 0.3) is 0 Å². The van der Waals surface area contributed by atoms with Gasteiger partial charge in [0.2, 0.25) is 0 Å². The van der Waals surface area contributed by atoms with Crippen molar-refractivity contribution in [2.45, 2.75) is 98.5 Å². The molecule has 182 valence electrons. The Balaban J connectivity index is -0.000000167. The fraction of sp³-hybridized carbons (Fsp3) is 0.714. The van der Waals surface area contributed by atoms with E-state index in [4.69, 9.17) is 3.32 Å². The Morgan fingerprint density at radius 2 is 0.812 bits per heavy atom. The first-order valence-corrected chi connectivity index (χ1v) is 10.9. The minimum atomic E-state index is -1.28. The van der Waals surface area contributed by atoms with Crippen LogP contribution in [0.4, 0.5) is 0 Å². The number of carbonyl (C=O) groups is 6. The zero-order valence-electron chi connectivity index (χ0n) is 19.5. The van der Waals surface area contributed by atoms with E-state index in [1.54, 1.807) is 20.8 Å². The normalized spacial score (nSPS) is 9.12. The van der Waals surface area contributed by atoms with Crippen LogP contribution in [-0.4, -0.2) is 41.4 Å². The minimum absolute atomic E-state index is 0.252. The van der Waals surface area contributed by atoms with Crippen molar-refractivity contribution in [1.82, 2.24) is 0 Å². The number of hydrogen-bond acceptors (Lipinski definition) is 10. The van der Waals surface area contributed by atoms with Crippen LogP contribution in [0.5, 0.6) is 0 Å². The zero-order valence-corrected chi connectivity index (χ0v) is 21.1. The number of carboxylic acids is 3. The summed E-state index contributed by atoms with van der Waals surface area (Å²) < 4.78 is 4.75. The van der Waals surface area contributed by atoms with Gasteiger partial charge in [-0.3, -0.25) is 14.4 Å². The number of Topliss-reactive ketones (excluding diaryl/α,β-unsaturated/α-hetero) is 3. The van der Waals surface area contributed by atoms with Gasteiger partial charge in [0.05, 0.1) is 0 Å². The Morgan fingerprint density at radius 1 is 0.625 bits per heavy atom. The summed E-state index contributed by atoms with van der Waals surface area (Å²) in [6, 6.07) is 0. The van der Waals surface area contributed by atoms with E-state index in [9.17, 15) is 44.1 Å². The van der Waals surface area contributed by atoms with Gasteiger partial charge < -0.3 is 29.7 Å². The van der Waals surface area contributed by atoms with Gasteiger partial charge in [-0.2, -0.15) is 0 Å². The van der Waals surface area contributed by atoms with Crippen molar-refractivity contribution < 1.29 is 68.2 Å². The van der Waals surface area contributed by atoms with Gasteiger partial charge in [-0.1, -0.05) is 20.8 Å². The molecule has 0 N–H and O–H groups in total. The van der Waals surface area contributed by atoms with E-state index in [0.29, 0.717) is 44.6 Å². The van der Waals surface area contributed by atoms with E-state index in [2.05, 4.69) is 0 Å². The maximum absolute atomic E-state index is 10.4. The molecule has 10 nitrogen and oxygen atoms in total. The second-order valence-electron chi connectivity index (χ2n) is 6.68. The first kappa shape index (κ1) is 37.4. The second kappa shape index (κ2) is 27.1. The monoisotopic (exact) mass is 494 g/mol. The number of rotatable bonds is 13. The predicted octanol–water partition coefficient (Wildman–Crippen LogP) is -0.640. The Labute approximate surface area is 202 Å². The maximum Gasteiger partial charge on any atom is 0.138 e. The number of carboxylic acid groups (broad SMARTS) is 3. The molecular formula is C21H34O10Ti. The van der Waals surface area contributed by atoms with Crippen LogP contribution < -0.4 is 15.3 Å².